The van der Waals surface area contributed by atoms with Gasteiger partial charge in [-0.25, -0.2) is 4.57 Å². The van der Waals surface area contributed by atoms with Crippen molar-refractivity contribution in [2.75, 3.05) is 6.61 Å². The predicted octanol–water partition coefficient (Wildman–Crippen LogP) is -0.0131. The molecule has 17 heavy (non-hydrogen) atoms. The topological polar surface area (TPSA) is 108 Å². The zero-order valence-electron chi connectivity index (χ0n) is 10.5. The van der Waals surface area contributed by atoms with Crippen molar-refractivity contribution in [1.29, 1.82) is 0 Å². The molecule has 0 aliphatic heterocycles. The van der Waals surface area contributed by atoms with Crippen LogP contribution >= 0.6 is 7.82 Å². The summed E-state index contributed by atoms with van der Waals surface area (Å²) in [6, 6.07) is -0.836. The Morgan fingerprint density at radius 2 is 1.76 bits per heavy atom. The molecule has 0 heterocycles. The van der Waals surface area contributed by atoms with Gasteiger partial charge in [0.1, 0.15) is 6.04 Å². The fourth-order valence-electron chi connectivity index (χ4n) is 1.16. The SMILES string of the molecule is CC(C)NC(=O)[C@H](COP(=O)(O)O)NC(C)C. The normalized spacial score (nSPS) is 14.1. The van der Waals surface area contributed by atoms with Gasteiger partial charge in [0.15, 0.2) is 0 Å². The summed E-state index contributed by atoms with van der Waals surface area (Å²) in [6.45, 7) is 6.88. The van der Waals surface area contributed by atoms with Crippen LogP contribution in [0.4, 0.5) is 0 Å². The summed E-state index contributed by atoms with van der Waals surface area (Å²) in [5.41, 5.74) is 0. The van der Waals surface area contributed by atoms with Gasteiger partial charge < -0.3 is 20.4 Å². The molecule has 0 radical (unpaired) electrons. The van der Waals surface area contributed by atoms with E-state index >= 15 is 0 Å². The van der Waals surface area contributed by atoms with Gasteiger partial charge in [-0.2, -0.15) is 0 Å². The highest BCUT2D eigenvalue weighted by Crippen LogP contribution is 2.35. The molecule has 0 saturated heterocycles. The van der Waals surface area contributed by atoms with Crippen LogP contribution < -0.4 is 10.6 Å². The summed E-state index contributed by atoms with van der Waals surface area (Å²) < 4.78 is 14.9. The number of hydrogen-bond donors (Lipinski definition) is 4. The second-order valence-electron chi connectivity index (χ2n) is 4.32. The van der Waals surface area contributed by atoms with Gasteiger partial charge >= 0.3 is 7.82 Å². The van der Waals surface area contributed by atoms with E-state index in [0.29, 0.717) is 0 Å². The summed E-state index contributed by atoms with van der Waals surface area (Å²) in [7, 11) is -4.56. The van der Waals surface area contributed by atoms with Crippen molar-refractivity contribution in [3.05, 3.63) is 0 Å². The van der Waals surface area contributed by atoms with E-state index in [9.17, 15) is 9.36 Å². The minimum Gasteiger partial charge on any atom is -0.352 e. The average Bonchev–Trinajstić information content (AvgIpc) is 2.08. The Morgan fingerprint density at radius 1 is 1.24 bits per heavy atom. The van der Waals surface area contributed by atoms with Gasteiger partial charge in [-0.15, -0.1) is 0 Å². The van der Waals surface area contributed by atoms with Crippen LogP contribution in [0.2, 0.25) is 0 Å². The predicted molar refractivity (Wildman–Crippen MR) is 63.3 cm³/mol. The van der Waals surface area contributed by atoms with E-state index in [1.807, 2.05) is 13.8 Å². The Bertz CT molecular complexity index is 289. The molecule has 0 aromatic rings. The smallest absolute Gasteiger partial charge is 0.352 e. The second-order valence-corrected chi connectivity index (χ2v) is 5.56. The van der Waals surface area contributed by atoms with Crippen molar-refractivity contribution in [1.82, 2.24) is 10.6 Å². The van der Waals surface area contributed by atoms with Gasteiger partial charge in [0.25, 0.3) is 0 Å². The van der Waals surface area contributed by atoms with E-state index in [-0.39, 0.29) is 24.6 Å². The quantitative estimate of drug-likeness (QED) is 0.484. The van der Waals surface area contributed by atoms with Gasteiger partial charge in [0, 0.05) is 12.1 Å². The molecular formula is C9H21N2O5P. The standard InChI is InChI=1S/C9H21N2O5P/c1-6(2)10-8(5-16-17(13,14)15)9(12)11-7(3)4/h6-8,10H,5H2,1-4H3,(H,11,12)(H2,13,14,15)/t8-/m0/s1. The molecule has 0 rings (SSSR count). The van der Waals surface area contributed by atoms with Crippen LogP contribution in [0.3, 0.4) is 0 Å². The lowest BCUT2D eigenvalue weighted by atomic mass is 10.2. The minimum atomic E-state index is -4.56. The molecule has 0 aromatic heterocycles. The molecule has 0 unspecified atom stereocenters. The molecule has 0 spiro atoms. The Labute approximate surface area is 101 Å². The molecule has 8 heteroatoms. The number of carbonyl (C=O) groups excluding carboxylic acids is 1. The van der Waals surface area contributed by atoms with Crippen molar-refractivity contribution >= 4 is 13.7 Å². The molecule has 0 aromatic carbocycles. The number of amides is 1. The van der Waals surface area contributed by atoms with Crippen LogP contribution in [0, 0.1) is 0 Å². The Balaban J connectivity index is 4.42. The first-order valence-electron chi connectivity index (χ1n) is 5.38. The zero-order chi connectivity index (χ0) is 13.6. The van der Waals surface area contributed by atoms with Crippen molar-refractivity contribution in [3.8, 4) is 0 Å². The summed E-state index contributed by atoms with van der Waals surface area (Å²) in [5, 5.41) is 5.53. The van der Waals surface area contributed by atoms with E-state index in [4.69, 9.17) is 9.79 Å². The largest absolute Gasteiger partial charge is 0.469 e. The third kappa shape index (κ3) is 9.26. The third-order valence-electron chi connectivity index (χ3n) is 1.69. The van der Waals surface area contributed by atoms with Crippen LogP contribution in [0.1, 0.15) is 27.7 Å². The molecule has 7 nitrogen and oxygen atoms in total. The number of nitrogens with one attached hydrogen (secondary N) is 2. The first-order valence-corrected chi connectivity index (χ1v) is 6.91. The van der Waals surface area contributed by atoms with Gasteiger partial charge in [0.05, 0.1) is 6.61 Å². The van der Waals surface area contributed by atoms with Crippen molar-refractivity contribution in [3.63, 3.8) is 0 Å². The van der Waals surface area contributed by atoms with Crippen LogP contribution in [0.15, 0.2) is 0 Å². The third-order valence-corrected chi connectivity index (χ3v) is 2.18. The Kier molecular flexibility index (Phi) is 6.89. The minimum absolute atomic E-state index is 0.00159. The monoisotopic (exact) mass is 268 g/mol. The van der Waals surface area contributed by atoms with Crippen molar-refractivity contribution in [2.24, 2.45) is 0 Å². The lowest BCUT2D eigenvalue weighted by Gasteiger charge is -2.21. The number of rotatable bonds is 7. The highest BCUT2D eigenvalue weighted by molar-refractivity contribution is 7.46. The molecule has 4 N–H and O–H groups in total. The van der Waals surface area contributed by atoms with E-state index in [0.717, 1.165) is 0 Å². The number of hydrogen-bond acceptors (Lipinski definition) is 4. The molecule has 0 bridgehead atoms. The highest BCUT2D eigenvalue weighted by Gasteiger charge is 2.24. The molecule has 0 aliphatic rings. The lowest BCUT2D eigenvalue weighted by molar-refractivity contribution is -0.124. The number of carbonyl (C=O) groups is 1. The fourth-order valence-corrected chi connectivity index (χ4v) is 1.50. The van der Waals surface area contributed by atoms with E-state index in [2.05, 4.69) is 15.2 Å². The molecule has 1 amide bonds. The molecule has 102 valence electrons. The van der Waals surface area contributed by atoms with Gasteiger partial charge in [-0.1, -0.05) is 13.8 Å². The van der Waals surface area contributed by atoms with E-state index in [1.165, 1.54) is 0 Å². The fraction of sp³-hybridized carbons (Fsp3) is 0.889. The number of phosphoric ester groups is 1. The maximum Gasteiger partial charge on any atom is 0.469 e. The maximum atomic E-state index is 11.7. The van der Waals surface area contributed by atoms with Crippen LogP contribution in [0.25, 0.3) is 0 Å². The van der Waals surface area contributed by atoms with Crippen LogP contribution in [-0.4, -0.2) is 40.4 Å². The van der Waals surface area contributed by atoms with Crippen molar-refractivity contribution < 1.29 is 23.7 Å². The van der Waals surface area contributed by atoms with Crippen LogP contribution in [0.5, 0.6) is 0 Å². The summed E-state index contributed by atoms with van der Waals surface area (Å²) in [5.74, 6) is -0.345. The summed E-state index contributed by atoms with van der Waals surface area (Å²) >= 11 is 0. The first-order chi connectivity index (χ1) is 7.61. The summed E-state index contributed by atoms with van der Waals surface area (Å²) in [4.78, 5) is 28.9. The molecule has 0 fully saturated rings. The zero-order valence-corrected chi connectivity index (χ0v) is 11.4. The second kappa shape index (κ2) is 7.08. The average molecular weight is 268 g/mol. The maximum absolute atomic E-state index is 11.7. The van der Waals surface area contributed by atoms with Gasteiger partial charge in [0.2, 0.25) is 5.91 Å². The van der Waals surface area contributed by atoms with Crippen molar-refractivity contribution in [2.45, 2.75) is 45.8 Å². The summed E-state index contributed by atoms with van der Waals surface area (Å²) in [6.07, 6.45) is 0. The number of phosphoric acid groups is 1. The first kappa shape index (κ1) is 16.5. The van der Waals surface area contributed by atoms with E-state index in [1.54, 1.807) is 13.8 Å². The Hall–Kier alpha value is -0.460. The van der Waals surface area contributed by atoms with Gasteiger partial charge in [-0.3, -0.25) is 9.32 Å². The molecule has 0 aliphatic carbocycles. The highest BCUT2D eigenvalue weighted by atomic mass is 31.2. The van der Waals surface area contributed by atoms with E-state index < -0.39 is 13.9 Å². The lowest BCUT2D eigenvalue weighted by Crippen LogP contribution is -2.50. The molecular weight excluding hydrogens is 247 g/mol. The molecule has 1 atom stereocenters. The van der Waals surface area contributed by atoms with Crippen LogP contribution in [-0.2, 0) is 13.9 Å². The molecule has 0 saturated carbocycles. The van der Waals surface area contributed by atoms with Gasteiger partial charge in [-0.05, 0) is 13.8 Å². The Morgan fingerprint density at radius 3 is 2.12 bits per heavy atom.